The molecule has 1 saturated heterocycles. The van der Waals surface area contributed by atoms with Gasteiger partial charge in [-0.15, -0.1) is 0 Å². The number of halogens is 4. The molecule has 3 amide bonds. The van der Waals surface area contributed by atoms with Gasteiger partial charge in [-0.3, -0.25) is 4.79 Å². The van der Waals surface area contributed by atoms with Gasteiger partial charge in [-0.1, -0.05) is 23.8 Å². The lowest BCUT2D eigenvalue weighted by Gasteiger charge is -2.23. The van der Waals surface area contributed by atoms with Crippen LogP contribution in [0.25, 0.3) is 0 Å². The maximum Gasteiger partial charge on any atom is 0.396 e. The summed E-state index contributed by atoms with van der Waals surface area (Å²) < 4.78 is 38.4. The van der Waals surface area contributed by atoms with E-state index in [1.807, 2.05) is 0 Å². The van der Waals surface area contributed by atoms with Crippen LogP contribution < -0.4 is 10.6 Å². The number of urea groups is 1. The van der Waals surface area contributed by atoms with Gasteiger partial charge in [0.2, 0.25) is 5.91 Å². The van der Waals surface area contributed by atoms with Crippen LogP contribution in [0.2, 0.25) is 0 Å². The number of nitrogens with zero attached hydrogens (tertiary/aromatic N) is 1. The third-order valence-corrected chi connectivity index (χ3v) is 4.08. The number of rotatable bonds is 3. The molecule has 0 aromatic rings. The summed E-state index contributed by atoms with van der Waals surface area (Å²) in [5.74, 6) is -2.19. The molecular formula is C13H15ClF3N3O2. The molecule has 2 atom stereocenters. The minimum absolute atomic E-state index is 0.114. The van der Waals surface area contributed by atoms with E-state index in [0.29, 0.717) is 0 Å². The number of hydrogen-bond acceptors (Lipinski definition) is 2. The lowest BCUT2D eigenvalue weighted by atomic mass is 9.95. The van der Waals surface area contributed by atoms with Crippen molar-refractivity contribution in [1.82, 2.24) is 15.5 Å². The van der Waals surface area contributed by atoms with Crippen molar-refractivity contribution in [3.63, 3.8) is 0 Å². The summed E-state index contributed by atoms with van der Waals surface area (Å²) in [4.78, 5) is 24.5. The normalized spacial score (nSPS) is 25.5. The molecule has 0 saturated carbocycles. The van der Waals surface area contributed by atoms with Crippen LogP contribution in [0.3, 0.4) is 0 Å². The summed E-state index contributed by atoms with van der Waals surface area (Å²) in [6.07, 6.45) is -1.76. The SMILES string of the molecule is CN1CC(C(=O)NCC2=C(Cl)C(C(F)(F)F)CC=C2)NC1=O. The van der Waals surface area contributed by atoms with Crippen LogP contribution in [-0.2, 0) is 4.79 Å². The molecular weight excluding hydrogens is 323 g/mol. The van der Waals surface area contributed by atoms with Crippen molar-refractivity contribution in [2.45, 2.75) is 18.6 Å². The van der Waals surface area contributed by atoms with Crippen LogP contribution in [-0.4, -0.2) is 49.2 Å². The highest BCUT2D eigenvalue weighted by molar-refractivity contribution is 6.30. The summed E-state index contributed by atoms with van der Waals surface area (Å²) >= 11 is 5.80. The van der Waals surface area contributed by atoms with Crippen molar-refractivity contribution in [3.05, 3.63) is 22.8 Å². The smallest absolute Gasteiger partial charge is 0.350 e. The van der Waals surface area contributed by atoms with Crippen molar-refractivity contribution in [1.29, 1.82) is 0 Å². The molecule has 9 heteroatoms. The van der Waals surface area contributed by atoms with Crippen molar-refractivity contribution < 1.29 is 22.8 Å². The minimum Gasteiger partial charge on any atom is -0.350 e. The number of alkyl halides is 3. The van der Waals surface area contributed by atoms with Gasteiger partial charge >= 0.3 is 12.2 Å². The molecule has 1 aliphatic carbocycles. The van der Waals surface area contributed by atoms with Crippen LogP contribution in [0, 0.1) is 5.92 Å². The predicted molar refractivity (Wildman–Crippen MR) is 74.1 cm³/mol. The van der Waals surface area contributed by atoms with Crippen LogP contribution in [0.1, 0.15) is 6.42 Å². The summed E-state index contributed by atoms with van der Waals surface area (Å²) in [5, 5.41) is 4.66. The number of nitrogens with one attached hydrogen (secondary N) is 2. The van der Waals surface area contributed by atoms with E-state index in [0.717, 1.165) is 0 Å². The standard InChI is InChI=1S/C13H15ClF3N3O2/c1-20-6-9(19-12(20)22)11(21)18-5-7-3-2-4-8(10(7)14)13(15,16)17/h2-3,8-9H,4-6H2,1H3,(H,18,21)(H,19,22). The van der Waals surface area contributed by atoms with Crippen LogP contribution in [0.4, 0.5) is 18.0 Å². The zero-order valence-corrected chi connectivity index (χ0v) is 12.5. The van der Waals surface area contributed by atoms with Crippen molar-refractivity contribution in [2.75, 3.05) is 20.1 Å². The lowest BCUT2D eigenvalue weighted by molar-refractivity contribution is -0.161. The topological polar surface area (TPSA) is 61.4 Å². The van der Waals surface area contributed by atoms with E-state index in [-0.39, 0.29) is 36.1 Å². The van der Waals surface area contributed by atoms with Gasteiger partial charge in [-0.2, -0.15) is 13.2 Å². The van der Waals surface area contributed by atoms with E-state index in [2.05, 4.69) is 10.6 Å². The molecule has 1 aliphatic heterocycles. The lowest BCUT2D eigenvalue weighted by Crippen LogP contribution is -2.43. The summed E-state index contributed by atoms with van der Waals surface area (Å²) in [6.45, 7) is 0.0926. The molecule has 0 aromatic heterocycles. The van der Waals surface area contributed by atoms with E-state index < -0.39 is 24.0 Å². The Hall–Kier alpha value is -1.70. The van der Waals surface area contributed by atoms with Gasteiger partial charge in [0.05, 0.1) is 12.5 Å². The summed E-state index contributed by atoms with van der Waals surface area (Å²) in [5.41, 5.74) is 0.223. The summed E-state index contributed by atoms with van der Waals surface area (Å²) in [6, 6.07) is -1.09. The molecule has 0 bridgehead atoms. The van der Waals surface area contributed by atoms with Crippen molar-refractivity contribution in [2.24, 2.45) is 5.92 Å². The number of carbonyl (C=O) groups excluding carboxylic acids is 2. The molecule has 0 radical (unpaired) electrons. The zero-order valence-electron chi connectivity index (χ0n) is 11.7. The second kappa shape index (κ2) is 6.20. The second-order valence-electron chi connectivity index (χ2n) is 5.21. The molecule has 1 fully saturated rings. The summed E-state index contributed by atoms with van der Waals surface area (Å²) in [7, 11) is 1.54. The van der Waals surface area contributed by atoms with Crippen LogP contribution in [0.5, 0.6) is 0 Å². The second-order valence-corrected chi connectivity index (χ2v) is 5.61. The average molecular weight is 338 g/mol. The third kappa shape index (κ3) is 3.55. The van der Waals surface area contributed by atoms with E-state index >= 15 is 0 Å². The molecule has 1 heterocycles. The molecule has 2 N–H and O–H groups in total. The van der Waals surface area contributed by atoms with Gasteiger partial charge in [-0.25, -0.2) is 4.79 Å². The van der Waals surface area contributed by atoms with E-state index in [1.165, 1.54) is 17.1 Å². The molecule has 5 nitrogen and oxygen atoms in total. The Kier molecular flexibility index (Phi) is 4.69. The highest BCUT2D eigenvalue weighted by Crippen LogP contribution is 2.40. The van der Waals surface area contributed by atoms with E-state index in [4.69, 9.17) is 11.6 Å². The fourth-order valence-electron chi connectivity index (χ4n) is 2.29. The monoisotopic (exact) mass is 337 g/mol. The number of allylic oxidation sites excluding steroid dienone is 2. The van der Waals surface area contributed by atoms with Crippen molar-refractivity contribution >= 4 is 23.5 Å². The largest absolute Gasteiger partial charge is 0.396 e. The first-order chi connectivity index (χ1) is 10.2. The Bertz CT molecular complexity index is 545. The number of likely N-dealkylation sites (N-methyl/N-ethyl adjacent to an activating group) is 1. The highest BCUT2D eigenvalue weighted by atomic mass is 35.5. The van der Waals surface area contributed by atoms with Gasteiger partial charge in [0.25, 0.3) is 0 Å². The first-order valence-corrected chi connectivity index (χ1v) is 6.99. The molecule has 122 valence electrons. The Morgan fingerprint density at radius 3 is 2.77 bits per heavy atom. The van der Waals surface area contributed by atoms with Crippen molar-refractivity contribution in [3.8, 4) is 0 Å². The van der Waals surface area contributed by atoms with Gasteiger partial charge in [0, 0.05) is 18.6 Å². The number of carbonyl (C=O) groups is 2. The van der Waals surface area contributed by atoms with Crippen LogP contribution >= 0.6 is 11.6 Å². The highest BCUT2D eigenvalue weighted by Gasteiger charge is 2.42. The first-order valence-electron chi connectivity index (χ1n) is 6.61. The Morgan fingerprint density at radius 1 is 1.55 bits per heavy atom. The van der Waals surface area contributed by atoms with E-state index in [9.17, 15) is 22.8 Å². The fourth-order valence-corrected chi connectivity index (χ4v) is 2.63. The predicted octanol–water partition coefficient (Wildman–Crippen LogP) is 1.76. The van der Waals surface area contributed by atoms with Gasteiger partial charge < -0.3 is 15.5 Å². The number of amides is 3. The Morgan fingerprint density at radius 2 is 2.23 bits per heavy atom. The quantitative estimate of drug-likeness (QED) is 0.824. The van der Waals surface area contributed by atoms with Gasteiger partial charge in [-0.05, 0) is 12.0 Å². The minimum atomic E-state index is -4.42. The Balaban J connectivity index is 1.97. The third-order valence-electron chi connectivity index (χ3n) is 3.57. The molecule has 2 unspecified atom stereocenters. The molecule has 22 heavy (non-hydrogen) atoms. The van der Waals surface area contributed by atoms with Gasteiger partial charge in [0.1, 0.15) is 6.04 Å². The molecule has 0 aromatic carbocycles. The van der Waals surface area contributed by atoms with Crippen LogP contribution in [0.15, 0.2) is 22.8 Å². The maximum absolute atomic E-state index is 12.8. The molecule has 2 aliphatic rings. The fraction of sp³-hybridized carbons (Fsp3) is 0.538. The maximum atomic E-state index is 12.8. The van der Waals surface area contributed by atoms with Gasteiger partial charge in [0.15, 0.2) is 0 Å². The first kappa shape index (κ1) is 16.7. The van der Waals surface area contributed by atoms with E-state index in [1.54, 1.807) is 7.05 Å². The molecule has 0 spiro atoms. The zero-order chi connectivity index (χ0) is 16.5. The molecule has 2 rings (SSSR count). The number of hydrogen-bond donors (Lipinski definition) is 2. The Labute approximate surface area is 130 Å². The average Bonchev–Trinajstić information content (AvgIpc) is 2.76.